The molecule has 1 amide bonds. The lowest BCUT2D eigenvalue weighted by Crippen LogP contribution is -2.48. The fourth-order valence-corrected chi connectivity index (χ4v) is 3.03. The summed E-state index contributed by atoms with van der Waals surface area (Å²) in [7, 11) is 3.14. The molecule has 1 saturated heterocycles. The van der Waals surface area contributed by atoms with Crippen LogP contribution in [0.5, 0.6) is 11.5 Å². The lowest BCUT2D eigenvalue weighted by Gasteiger charge is -2.36. The van der Waals surface area contributed by atoms with Crippen LogP contribution in [-0.4, -0.2) is 60.8 Å². The van der Waals surface area contributed by atoms with Crippen molar-refractivity contribution < 1.29 is 19.0 Å². The molecule has 1 aromatic carbocycles. The Bertz CT molecular complexity index is 717. The van der Waals surface area contributed by atoms with E-state index in [1.807, 2.05) is 4.90 Å². The summed E-state index contributed by atoms with van der Waals surface area (Å²) in [4.78, 5) is 23.3. The number of hydrogen-bond acceptors (Lipinski definition) is 6. The number of aromatic nitrogens is 2. The molecule has 0 saturated carbocycles. The van der Waals surface area contributed by atoms with Gasteiger partial charge in [0.05, 0.1) is 39.2 Å². The highest BCUT2D eigenvalue weighted by atomic mass is 16.5. The predicted octanol–water partition coefficient (Wildman–Crippen LogP) is 1.97. The van der Waals surface area contributed by atoms with Crippen molar-refractivity contribution in [3.05, 3.63) is 48.0 Å². The third-order valence-corrected chi connectivity index (χ3v) is 4.44. The number of benzene rings is 1. The fourth-order valence-electron chi connectivity index (χ4n) is 3.03. The van der Waals surface area contributed by atoms with E-state index in [9.17, 15) is 4.79 Å². The van der Waals surface area contributed by atoms with E-state index in [0.29, 0.717) is 36.8 Å². The van der Waals surface area contributed by atoms with Gasteiger partial charge in [-0.1, -0.05) is 0 Å². The number of aryl methyl sites for hydroxylation is 1. The maximum atomic E-state index is 13.1. The van der Waals surface area contributed by atoms with Crippen molar-refractivity contribution in [3.8, 4) is 11.5 Å². The van der Waals surface area contributed by atoms with Crippen molar-refractivity contribution in [2.24, 2.45) is 0 Å². The Morgan fingerprint density at radius 3 is 2.65 bits per heavy atom. The van der Waals surface area contributed by atoms with Gasteiger partial charge in [0.15, 0.2) is 0 Å². The lowest BCUT2D eigenvalue weighted by atomic mass is 10.1. The Balaban J connectivity index is 1.75. The molecule has 7 heteroatoms. The molecule has 1 aliphatic heterocycles. The van der Waals surface area contributed by atoms with Crippen LogP contribution in [0, 0.1) is 0 Å². The van der Waals surface area contributed by atoms with Gasteiger partial charge in [0.25, 0.3) is 5.91 Å². The predicted molar refractivity (Wildman–Crippen MR) is 95.5 cm³/mol. The minimum Gasteiger partial charge on any atom is -0.497 e. The quantitative estimate of drug-likeness (QED) is 0.787. The molecule has 26 heavy (non-hydrogen) atoms. The van der Waals surface area contributed by atoms with E-state index < -0.39 is 0 Å². The van der Waals surface area contributed by atoms with Gasteiger partial charge in [-0.05, 0) is 25.0 Å². The standard InChI is InChI=1S/C19H23N3O4/c1-24-17-9-14(10-18(11-17)25-2)19(23)22-7-8-26-13-16(22)4-3-15-12-20-5-6-21-15/h5-6,9-12,16H,3-4,7-8,13H2,1-2H3/t16-/m0/s1. The van der Waals surface area contributed by atoms with E-state index in [0.717, 1.165) is 18.5 Å². The molecule has 0 spiro atoms. The minimum atomic E-state index is -0.0466. The average molecular weight is 357 g/mol. The molecule has 0 radical (unpaired) electrons. The normalized spacial score (nSPS) is 17.0. The van der Waals surface area contributed by atoms with Gasteiger partial charge in [-0.15, -0.1) is 0 Å². The van der Waals surface area contributed by atoms with Crippen molar-refractivity contribution in [1.82, 2.24) is 14.9 Å². The van der Waals surface area contributed by atoms with E-state index in [2.05, 4.69) is 9.97 Å². The lowest BCUT2D eigenvalue weighted by molar-refractivity contribution is -0.00415. The van der Waals surface area contributed by atoms with E-state index in [4.69, 9.17) is 14.2 Å². The third-order valence-electron chi connectivity index (χ3n) is 4.44. The van der Waals surface area contributed by atoms with Gasteiger partial charge in [-0.2, -0.15) is 0 Å². The molecule has 1 fully saturated rings. The van der Waals surface area contributed by atoms with Crippen LogP contribution in [0.25, 0.3) is 0 Å². The Labute approximate surface area is 152 Å². The second-order valence-corrected chi connectivity index (χ2v) is 6.06. The first-order valence-electron chi connectivity index (χ1n) is 8.58. The molecule has 138 valence electrons. The number of nitrogens with zero attached hydrogens (tertiary/aromatic N) is 3. The van der Waals surface area contributed by atoms with Crippen LogP contribution in [0.1, 0.15) is 22.5 Å². The Morgan fingerprint density at radius 1 is 1.23 bits per heavy atom. The molecule has 0 aliphatic carbocycles. The zero-order valence-electron chi connectivity index (χ0n) is 15.1. The summed E-state index contributed by atoms with van der Waals surface area (Å²) in [5.41, 5.74) is 1.46. The van der Waals surface area contributed by atoms with Crippen LogP contribution in [0.4, 0.5) is 0 Å². The number of hydrogen-bond donors (Lipinski definition) is 0. The molecule has 1 atom stereocenters. The Kier molecular flexibility index (Phi) is 6.01. The van der Waals surface area contributed by atoms with Crippen molar-refractivity contribution in [2.45, 2.75) is 18.9 Å². The van der Waals surface area contributed by atoms with Crippen LogP contribution in [0.15, 0.2) is 36.8 Å². The Hall–Kier alpha value is -2.67. The molecule has 0 bridgehead atoms. The van der Waals surface area contributed by atoms with E-state index >= 15 is 0 Å². The van der Waals surface area contributed by atoms with E-state index in [1.165, 1.54) is 0 Å². The highest BCUT2D eigenvalue weighted by Gasteiger charge is 2.28. The smallest absolute Gasteiger partial charge is 0.254 e. The average Bonchev–Trinajstić information content (AvgIpc) is 2.72. The van der Waals surface area contributed by atoms with Crippen LogP contribution in [0.2, 0.25) is 0 Å². The van der Waals surface area contributed by atoms with E-state index in [1.54, 1.807) is 51.0 Å². The monoisotopic (exact) mass is 357 g/mol. The first-order chi connectivity index (χ1) is 12.7. The number of carbonyl (C=O) groups is 1. The molecule has 0 N–H and O–H groups in total. The molecule has 7 nitrogen and oxygen atoms in total. The van der Waals surface area contributed by atoms with Gasteiger partial charge in [0.2, 0.25) is 0 Å². The molecule has 1 aliphatic rings. The zero-order valence-corrected chi connectivity index (χ0v) is 15.1. The molecule has 2 heterocycles. The van der Waals surface area contributed by atoms with Crippen molar-refractivity contribution in [3.63, 3.8) is 0 Å². The largest absolute Gasteiger partial charge is 0.497 e. The number of rotatable bonds is 6. The molecule has 3 rings (SSSR count). The first-order valence-corrected chi connectivity index (χ1v) is 8.58. The van der Waals surface area contributed by atoms with Crippen molar-refractivity contribution >= 4 is 5.91 Å². The highest BCUT2D eigenvalue weighted by Crippen LogP contribution is 2.25. The summed E-state index contributed by atoms with van der Waals surface area (Å²) in [6.07, 6.45) is 6.60. The summed E-state index contributed by atoms with van der Waals surface area (Å²) >= 11 is 0. The first kappa shape index (κ1) is 18.1. The summed E-state index contributed by atoms with van der Waals surface area (Å²) in [5.74, 6) is 1.14. The molecule has 2 aromatic rings. The third kappa shape index (κ3) is 4.29. The van der Waals surface area contributed by atoms with Gasteiger partial charge in [0.1, 0.15) is 11.5 Å². The maximum Gasteiger partial charge on any atom is 0.254 e. The van der Waals surface area contributed by atoms with Crippen LogP contribution < -0.4 is 9.47 Å². The van der Waals surface area contributed by atoms with Gasteiger partial charge >= 0.3 is 0 Å². The molecule has 0 unspecified atom stereocenters. The van der Waals surface area contributed by atoms with Gasteiger partial charge in [-0.3, -0.25) is 14.8 Å². The number of carbonyl (C=O) groups excluding carboxylic acids is 1. The second kappa shape index (κ2) is 8.62. The second-order valence-electron chi connectivity index (χ2n) is 6.06. The molecular formula is C19H23N3O4. The molecular weight excluding hydrogens is 334 g/mol. The summed E-state index contributed by atoms with van der Waals surface area (Å²) in [6.45, 7) is 1.62. The SMILES string of the molecule is COc1cc(OC)cc(C(=O)N2CCOC[C@@H]2CCc2cnccn2)c1. The number of ether oxygens (including phenoxy) is 3. The van der Waals surface area contributed by atoms with Crippen molar-refractivity contribution in [2.75, 3.05) is 34.0 Å². The van der Waals surface area contributed by atoms with Crippen LogP contribution >= 0.6 is 0 Å². The summed E-state index contributed by atoms with van der Waals surface area (Å²) < 4.78 is 16.2. The van der Waals surface area contributed by atoms with Crippen molar-refractivity contribution in [1.29, 1.82) is 0 Å². The summed E-state index contributed by atoms with van der Waals surface area (Å²) in [5, 5.41) is 0. The van der Waals surface area contributed by atoms with Crippen LogP contribution in [0.3, 0.4) is 0 Å². The maximum absolute atomic E-state index is 13.1. The van der Waals surface area contributed by atoms with Gasteiger partial charge in [-0.25, -0.2) is 0 Å². The topological polar surface area (TPSA) is 73.8 Å². The Morgan fingerprint density at radius 2 is 2.00 bits per heavy atom. The highest BCUT2D eigenvalue weighted by molar-refractivity contribution is 5.95. The van der Waals surface area contributed by atoms with Gasteiger partial charge < -0.3 is 19.1 Å². The number of amides is 1. The summed E-state index contributed by atoms with van der Waals surface area (Å²) in [6, 6.07) is 5.22. The van der Waals surface area contributed by atoms with E-state index in [-0.39, 0.29) is 11.9 Å². The van der Waals surface area contributed by atoms with Crippen LogP contribution in [-0.2, 0) is 11.2 Å². The zero-order chi connectivity index (χ0) is 18.4. The number of methoxy groups -OCH3 is 2. The van der Waals surface area contributed by atoms with Gasteiger partial charge in [0, 0.05) is 36.8 Å². The molecule has 1 aromatic heterocycles. The minimum absolute atomic E-state index is 0.00421. The fraction of sp³-hybridized carbons (Fsp3) is 0.421. The number of morpholine rings is 1.